The number of aryl methyl sites for hydroxylation is 2. The molecule has 1 fully saturated rings. The maximum Gasteiger partial charge on any atom is 0.147 e. The molecule has 0 aromatic carbocycles. The Kier molecular flexibility index (Phi) is 4.19. The first kappa shape index (κ1) is 12.9. The highest BCUT2D eigenvalue weighted by atomic mass is 15.2. The number of nitriles is 1. The normalized spacial score (nSPS) is 16.8. The number of anilines is 1. The number of pyridine rings is 1. The van der Waals surface area contributed by atoms with E-state index in [4.69, 9.17) is 0 Å². The van der Waals surface area contributed by atoms with Crippen LogP contribution in [0.3, 0.4) is 0 Å². The number of rotatable bonds is 1. The van der Waals surface area contributed by atoms with Crippen molar-refractivity contribution in [3.63, 3.8) is 0 Å². The third-order valence-electron chi connectivity index (χ3n) is 3.59. The molecule has 18 heavy (non-hydrogen) atoms. The second kappa shape index (κ2) is 5.86. The molecule has 96 valence electrons. The molecule has 1 aromatic rings. The Morgan fingerprint density at radius 2 is 1.72 bits per heavy atom. The number of nitrogens with zero attached hydrogens (tertiary/aromatic N) is 3. The van der Waals surface area contributed by atoms with E-state index in [0.717, 1.165) is 35.7 Å². The van der Waals surface area contributed by atoms with E-state index in [1.807, 2.05) is 19.9 Å². The first-order valence-electron chi connectivity index (χ1n) is 6.85. The van der Waals surface area contributed by atoms with Gasteiger partial charge in [-0.1, -0.05) is 19.3 Å². The van der Waals surface area contributed by atoms with E-state index >= 15 is 0 Å². The number of aromatic nitrogens is 1. The van der Waals surface area contributed by atoms with Crippen molar-refractivity contribution in [1.82, 2.24) is 4.98 Å². The molecule has 0 N–H and O–H groups in total. The van der Waals surface area contributed by atoms with E-state index in [-0.39, 0.29) is 0 Å². The maximum absolute atomic E-state index is 9.33. The molecule has 3 heteroatoms. The third kappa shape index (κ3) is 2.81. The van der Waals surface area contributed by atoms with Gasteiger partial charge in [0.15, 0.2) is 0 Å². The van der Waals surface area contributed by atoms with Crippen LogP contribution in [0, 0.1) is 25.2 Å². The molecule has 2 rings (SSSR count). The molecule has 1 aliphatic rings. The molecule has 2 heterocycles. The van der Waals surface area contributed by atoms with Gasteiger partial charge < -0.3 is 4.90 Å². The first-order valence-corrected chi connectivity index (χ1v) is 6.85. The summed E-state index contributed by atoms with van der Waals surface area (Å²) in [5.41, 5.74) is 2.80. The predicted octanol–water partition coefficient (Wildman–Crippen LogP) is 3.34. The average Bonchev–Trinajstić information content (AvgIpc) is 2.27. The van der Waals surface area contributed by atoms with Crippen LogP contribution in [0.2, 0.25) is 0 Å². The Balaban J connectivity index is 2.33. The molecule has 0 amide bonds. The van der Waals surface area contributed by atoms with Crippen molar-refractivity contribution in [2.75, 3.05) is 18.0 Å². The summed E-state index contributed by atoms with van der Waals surface area (Å²) in [4.78, 5) is 6.91. The Hall–Kier alpha value is -1.56. The second-order valence-corrected chi connectivity index (χ2v) is 5.15. The van der Waals surface area contributed by atoms with Crippen molar-refractivity contribution in [1.29, 1.82) is 5.26 Å². The van der Waals surface area contributed by atoms with Gasteiger partial charge in [-0.05, 0) is 38.3 Å². The predicted molar refractivity (Wildman–Crippen MR) is 73.7 cm³/mol. The average molecular weight is 243 g/mol. The zero-order valence-electron chi connectivity index (χ0n) is 11.4. The Morgan fingerprint density at radius 1 is 1.11 bits per heavy atom. The topological polar surface area (TPSA) is 39.9 Å². The summed E-state index contributed by atoms with van der Waals surface area (Å²) in [5.74, 6) is 0.900. The molecular formula is C15H21N3. The van der Waals surface area contributed by atoms with Gasteiger partial charge in [-0.15, -0.1) is 0 Å². The second-order valence-electron chi connectivity index (χ2n) is 5.15. The fourth-order valence-corrected chi connectivity index (χ4v) is 2.64. The van der Waals surface area contributed by atoms with Crippen molar-refractivity contribution < 1.29 is 0 Å². The summed E-state index contributed by atoms with van der Waals surface area (Å²) in [5, 5.41) is 9.33. The van der Waals surface area contributed by atoms with Crippen LogP contribution in [-0.2, 0) is 0 Å². The van der Waals surface area contributed by atoms with E-state index in [9.17, 15) is 5.26 Å². The molecule has 0 saturated carbocycles. The molecule has 1 saturated heterocycles. The highest BCUT2D eigenvalue weighted by Crippen LogP contribution is 2.24. The summed E-state index contributed by atoms with van der Waals surface area (Å²) >= 11 is 0. The van der Waals surface area contributed by atoms with Crippen molar-refractivity contribution in [2.45, 2.75) is 46.0 Å². The molecule has 3 nitrogen and oxygen atoms in total. The minimum Gasteiger partial charge on any atom is -0.356 e. The van der Waals surface area contributed by atoms with Crippen LogP contribution >= 0.6 is 0 Å². The molecule has 0 bridgehead atoms. The summed E-state index contributed by atoms with van der Waals surface area (Å²) in [6.45, 7) is 6.07. The van der Waals surface area contributed by atoms with Crippen LogP contribution in [0.25, 0.3) is 0 Å². The minimum absolute atomic E-state index is 0.751. The van der Waals surface area contributed by atoms with Gasteiger partial charge in [0.2, 0.25) is 0 Å². The van der Waals surface area contributed by atoms with Gasteiger partial charge in [0.25, 0.3) is 0 Å². The summed E-state index contributed by atoms with van der Waals surface area (Å²) in [7, 11) is 0. The zero-order valence-corrected chi connectivity index (χ0v) is 11.4. The van der Waals surface area contributed by atoms with E-state index in [1.54, 1.807) is 0 Å². The fraction of sp³-hybridized carbons (Fsp3) is 0.600. The van der Waals surface area contributed by atoms with Gasteiger partial charge in [0, 0.05) is 18.8 Å². The highest BCUT2D eigenvalue weighted by molar-refractivity contribution is 5.58. The largest absolute Gasteiger partial charge is 0.356 e. The monoisotopic (exact) mass is 243 g/mol. The van der Waals surface area contributed by atoms with Gasteiger partial charge in [-0.25, -0.2) is 4.98 Å². The van der Waals surface area contributed by atoms with Gasteiger partial charge in [0.1, 0.15) is 11.9 Å². The zero-order chi connectivity index (χ0) is 13.0. The maximum atomic E-state index is 9.33. The van der Waals surface area contributed by atoms with Crippen LogP contribution in [0.1, 0.15) is 48.9 Å². The fourth-order valence-electron chi connectivity index (χ4n) is 2.64. The third-order valence-corrected chi connectivity index (χ3v) is 3.59. The number of hydrogen-bond acceptors (Lipinski definition) is 3. The van der Waals surface area contributed by atoms with Gasteiger partial charge in [-0.2, -0.15) is 5.26 Å². The van der Waals surface area contributed by atoms with Crippen LogP contribution < -0.4 is 4.90 Å². The van der Waals surface area contributed by atoms with Crippen molar-refractivity contribution >= 4 is 5.82 Å². The molecular weight excluding hydrogens is 222 g/mol. The van der Waals surface area contributed by atoms with Crippen LogP contribution in [0.5, 0.6) is 0 Å². The van der Waals surface area contributed by atoms with E-state index in [2.05, 4.69) is 16.0 Å². The summed E-state index contributed by atoms with van der Waals surface area (Å²) in [6, 6.07) is 4.31. The molecule has 0 atom stereocenters. The van der Waals surface area contributed by atoms with Gasteiger partial charge in [-0.3, -0.25) is 0 Å². The number of hydrogen-bond donors (Lipinski definition) is 0. The molecule has 1 aliphatic heterocycles. The lowest BCUT2D eigenvalue weighted by atomic mass is 10.1. The first-order chi connectivity index (χ1) is 8.72. The lowest BCUT2D eigenvalue weighted by Crippen LogP contribution is -2.29. The quantitative estimate of drug-likeness (QED) is 0.759. The van der Waals surface area contributed by atoms with E-state index in [1.165, 1.54) is 32.1 Å². The molecule has 0 radical (unpaired) electrons. The smallest absolute Gasteiger partial charge is 0.147 e. The van der Waals surface area contributed by atoms with E-state index < -0.39 is 0 Å². The molecule has 1 aromatic heterocycles. The van der Waals surface area contributed by atoms with Gasteiger partial charge >= 0.3 is 0 Å². The molecule has 0 unspecified atom stereocenters. The van der Waals surface area contributed by atoms with Crippen LogP contribution in [-0.4, -0.2) is 18.1 Å². The Morgan fingerprint density at radius 3 is 2.33 bits per heavy atom. The lowest BCUT2D eigenvalue weighted by molar-refractivity contribution is 0.553. The van der Waals surface area contributed by atoms with Crippen LogP contribution in [0.15, 0.2) is 6.07 Å². The Bertz CT molecular complexity index is 452. The molecule has 0 aliphatic carbocycles. The van der Waals surface area contributed by atoms with Crippen molar-refractivity contribution in [3.05, 3.63) is 22.9 Å². The van der Waals surface area contributed by atoms with Crippen molar-refractivity contribution in [2.24, 2.45) is 0 Å². The van der Waals surface area contributed by atoms with Gasteiger partial charge in [0.05, 0.1) is 5.56 Å². The SMILES string of the molecule is Cc1cc(C)c(C#N)c(N2CCCCCCC2)n1. The summed E-state index contributed by atoms with van der Waals surface area (Å²) in [6.07, 6.45) is 6.35. The standard InChI is InChI=1S/C15H21N3/c1-12-10-13(2)17-15(14(12)11-16)18-8-6-4-3-5-7-9-18/h10H,3-9H2,1-2H3. The highest BCUT2D eigenvalue weighted by Gasteiger charge is 2.16. The summed E-state index contributed by atoms with van der Waals surface area (Å²) < 4.78 is 0. The minimum atomic E-state index is 0.751. The van der Waals surface area contributed by atoms with Crippen molar-refractivity contribution in [3.8, 4) is 6.07 Å². The lowest BCUT2D eigenvalue weighted by Gasteiger charge is -2.27. The van der Waals surface area contributed by atoms with E-state index in [0.29, 0.717) is 0 Å². The molecule has 0 spiro atoms. The Labute approximate surface area is 109 Å². The van der Waals surface area contributed by atoms with Crippen LogP contribution in [0.4, 0.5) is 5.82 Å².